The number of nitrogens with zero attached hydrogens (tertiary/aromatic N) is 1. The number of hydrogen-bond donors (Lipinski definition) is 1. The van der Waals surface area contributed by atoms with Crippen molar-refractivity contribution in [2.75, 3.05) is 7.05 Å². The normalized spacial score (nSPS) is 21.9. The Hall–Kier alpha value is -0.0800. The van der Waals surface area contributed by atoms with Crippen molar-refractivity contribution in [2.24, 2.45) is 0 Å². The van der Waals surface area contributed by atoms with Crippen LogP contribution in [-0.2, 0) is 0 Å². The van der Waals surface area contributed by atoms with Gasteiger partial charge in [0.2, 0.25) is 0 Å². The molecule has 0 amide bonds. The van der Waals surface area contributed by atoms with Gasteiger partial charge in [-0.3, -0.25) is 4.90 Å². The van der Waals surface area contributed by atoms with Crippen LogP contribution in [0.25, 0.3) is 0 Å². The molecule has 1 aliphatic carbocycles. The van der Waals surface area contributed by atoms with E-state index in [2.05, 4.69) is 25.8 Å². The highest BCUT2D eigenvalue weighted by molar-refractivity contribution is 4.88. The maximum atomic E-state index is 9.91. The second kappa shape index (κ2) is 4.97. The fourth-order valence-corrected chi connectivity index (χ4v) is 2.07. The molecule has 0 aromatic heterocycles. The van der Waals surface area contributed by atoms with Gasteiger partial charge in [0.05, 0.1) is 6.10 Å². The number of aliphatic hydroxyl groups excluding tert-OH is 1. The molecule has 0 heterocycles. The number of likely N-dealkylation sites (N-methyl/N-ethyl adjacent to an activating group) is 1. The molecule has 13 heavy (non-hydrogen) atoms. The smallest absolute Gasteiger partial charge is 0.0695 e. The van der Waals surface area contributed by atoms with Gasteiger partial charge in [0.25, 0.3) is 0 Å². The average Bonchev–Trinajstić information content (AvgIpc) is 2.88. The Kier molecular flexibility index (Phi) is 4.20. The summed E-state index contributed by atoms with van der Waals surface area (Å²) < 4.78 is 0. The van der Waals surface area contributed by atoms with Gasteiger partial charge in [-0.25, -0.2) is 0 Å². The SMILES string of the molecule is CCCC(O)C(CC)N(C)C1CC1. The van der Waals surface area contributed by atoms with Gasteiger partial charge in [-0.15, -0.1) is 0 Å². The fourth-order valence-electron chi connectivity index (χ4n) is 2.07. The molecule has 0 aromatic rings. The molecule has 0 aromatic carbocycles. The molecular formula is C11H23NO. The first-order chi connectivity index (χ1) is 6.20. The molecule has 78 valence electrons. The van der Waals surface area contributed by atoms with Crippen molar-refractivity contribution < 1.29 is 5.11 Å². The molecule has 0 saturated heterocycles. The lowest BCUT2D eigenvalue weighted by Gasteiger charge is -2.31. The number of rotatable bonds is 6. The highest BCUT2D eigenvalue weighted by atomic mass is 16.3. The number of hydrogen-bond acceptors (Lipinski definition) is 2. The fraction of sp³-hybridized carbons (Fsp3) is 1.00. The highest BCUT2D eigenvalue weighted by Gasteiger charge is 2.32. The van der Waals surface area contributed by atoms with E-state index in [-0.39, 0.29) is 6.10 Å². The Bertz CT molecular complexity index is 145. The Balaban J connectivity index is 2.39. The maximum absolute atomic E-state index is 9.91. The first-order valence-electron chi connectivity index (χ1n) is 5.60. The van der Waals surface area contributed by atoms with Crippen molar-refractivity contribution in [3.63, 3.8) is 0 Å². The van der Waals surface area contributed by atoms with Crippen LogP contribution in [0, 0.1) is 0 Å². The van der Waals surface area contributed by atoms with Crippen LogP contribution in [0.1, 0.15) is 46.0 Å². The van der Waals surface area contributed by atoms with Crippen molar-refractivity contribution in [1.82, 2.24) is 4.90 Å². The molecule has 0 spiro atoms. The van der Waals surface area contributed by atoms with Gasteiger partial charge in [0.1, 0.15) is 0 Å². The summed E-state index contributed by atoms with van der Waals surface area (Å²) in [5, 5.41) is 9.91. The molecule has 0 bridgehead atoms. The van der Waals surface area contributed by atoms with Gasteiger partial charge in [-0.2, -0.15) is 0 Å². The maximum Gasteiger partial charge on any atom is 0.0695 e. The van der Waals surface area contributed by atoms with Crippen LogP contribution < -0.4 is 0 Å². The van der Waals surface area contributed by atoms with Gasteiger partial charge in [0.15, 0.2) is 0 Å². The first kappa shape index (κ1) is 11.0. The van der Waals surface area contributed by atoms with Crippen molar-refractivity contribution in [3.8, 4) is 0 Å². The molecule has 2 unspecified atom stereocenters. The molecule has 2 heteroatoms. The standard InChI is InChI=1S/C11H23NO/c1-4-6-11(13)10(5-2)12(3)9-7-8-9/h9-11,13H,4-8H2,1-3H3. The van der Waals surface area contributed by atoms with Crippen molar-refractivity contribution >= 4 is 0 Å². The molecular weight excluding hydrogens is 162 g/mol. The van der Waals surface area contributed by atoms with Crippen molar-refractivity contribution in [1.29, 1.82) is 0 Å². The summed E-state index contributed by atoms with van der Waals surface area (Å²) >= 11 is 0. The highest BCUT2D eigenvalue weighted by Crippen LogP contribution is 2.29. The van der Waals surface area contributed by atoms with Gasteiger partial charge in [-0.1, -0.05) is 20.3 Å². The largest absolute Gasteiger partial charge is 0.391 e. The van der Waals surface area contributed by atoms with E-state index < -0.39 is 0 Å². The molecule has 2 atom stereocenters. The van der Waals surface area contributed by atoms with E-state index in [4.69, 9.17) is 0 Å². The van der Waals surface area contributed by atoms with Crippen LogP contribution in [0.3, 0.4) is 0 Å². The second-order valence-corrected chi connectivity index (χ2v) is 4.23. The van der Waals surface area contributed by atoms with E-state index in [9.17, 15) is 5.11 Å². The van der Waals surface area contributed by atoms with Gasteiger partial charge < -0.3 is 5.11 Å². The van der Waals surface area contributed by atoms with E-state index in [1.807, 2.05) is 0 Å². The van der Waals surface area contributed by atoms with E-state index in [1.165, 1.54) is 12.8 Å². The molecule has 0 radical (unpaired) electrons. The van der Waals surface area contributed by atoms with Crippen LogP contribution in [-0.4, -0.2) is 35.2 Å². The number of aliphatic hydroxyl groups is 1. The summed E-state index contributed by atoms with van der Waals surface area (Å²) in [6.07, 6.45) is 5.61. The van der Waals surface area contributed by atoms with E-state index in [0.717, 1.165) is 25.3 Å². The van der Waals surface area contributed by atoms with E-state index in [0.29, 0.717) is 6.04 Å². The minimum Gasteiger partial charge on any atom is -0.391 e. The monoisotopic (exact) mass is 185 g/mol. The zero-order valence-electron chi connectivity index (χ0n) is 9.16. The lowest BCUT2D eigenvalue weighted by atomic mass is 10.0. The summed E-state index contributed by atoms with van der Waals surface area (Å²) in [6.45, 7) is 4.30. The summed E-state index contributed by atoms with van der Waals surface area (Å²) in [5.41, 5.74) is 0. The Morgan fingerprint density at radius 1 is 1.38 bits per heavy atom. The zero-order chi connectivity index (χ0) is 9.84. The summed E-state index contributed by atoms with van der Waals surface area (Å²) in [5.74, 6) is 0. The van der Waals surface area contributed by atoms with Gasteiger partial charge in [-0.05, 0) is 32.7 Å². The predicted octanol–water partition coefficient (Wildman–Crippen LogP) is 2.02. The van der Waals surface area contributed by atoms with Gasteiger partial charge in [0, 0.05) is 12.1 Å². The summed E-state index contributed by atoms with van der Waals surface area (Å²) in [4.78, 5) is 2.38. The molecule has 1 N–H and O–H groups in total. The summed E-state index contributed by atoms with van der Waals surface area (Å²) in [7, 11) is 2.16. The van der Waals surface area contributed by atoms with Crippen LogP contribution in [0.5, 0.6) is 0 Å². The second-order valence-electron chi connectivity index (χ2n) is 4.23. The third-order valence-electron chi connectivity index (χ3n) is 3.09. The first-order valence-corrected chi connectivity index (χ1v) is 5.60. The average molecular weight is 185 g/mol. The quantitative estimate of drug-likeness (QED) is 0.684. The molecule has 1 fully saturated rings. The van der Waals surface area contributed by atoms with Crippen molar-refractivity contribution in [2.45, 2.75) is 64.1 Å². The van der Waals surface area contributed by atoms with Crippen LogP contribution >= 0.6 is 0 Å². The minimum absolute atomic E-state index is 0.124. The Morgan fingerprint density at radius 2 is 2.00 bits per heavy atom. The molecule has 0 aliphatic heterocycles. The Labute approximate surface area is 81.9 Å². The molecule has 1 aliphatic rings. The van der Waals surface area contributed by atoms with E-state index >= 15 is 0 Å². The van der Waals surface area contributed by atoms with E-state index in [1.54, 1.807) is 0 Å². The lowest BCUT2D eigenvalue weighted by molar-refractivity contribution is 0.0503. The van der Waals surface area contributed by atoms with Crippen LogP contribution in [0.2, 0.25) is 0 Å². The third-order valence-corrected chi connectivity index (χ3v) is 3.09. The molecule has 1 rings (SSSR count). The topological polar surface area (TPSA) is 23.5 Å². The Morgan fingerprint density at radius 3 is 2.38 bits per heavy atom. The van der Waals surface area contributed by atoms with Crippen LogP contribution in [0.4, 0.5) is 0 Å². The van der Waals surface area contributed by atoms with Crippen molar-refractivity contribution in [3.05, 3.63) is 0 Å². The van der Waals surface area contributed by atoms with Crippen LogP contribution in [0.15, 0.2) is 0 Å². The third kappa shape index (κ3) is 2.96. The minimum atomic E-state index is -0.124. The summed E-state index contributed by atoms with van der Waals surface area (Å²) in [6, 6.07) is 1.14. The van der Waals surface area contributed by atoms with Gasteiger partial charge >= 0.3 is 0 Å². The zero-order valence-corrected chi connectivity index (χ0v) is 9.16. The molecule has 1 saturated carbocycles. The predicted molar refractivity (Wildman–Crippen MR) is 55.8 cm³/mol. The lowest BCUT2D eigenvalue weighted by Crippen LogP contribution is -2.42. The molecule has 2 nitrogen and oxygen atoms in total.